The first-order chi connectivity index (χ1) is 10.1. The first-order valence-corrected chi connectivity index (χ1v) is 8.54. The Kier molecular flexibility index (Phi) is 11.5. The standard InChI is InChI=1S/C16H27N3OS.HI/c1-6-17-16(18-11-13(2)21-5)19(3)12-14-7-9-15(20-4)10-8-14;/h7-10,13H,6,11-12H2,1-5H3,(H,17,18);1H. The third-order valence-corrected chi connectivity index (χ3v) is 4.13. The number of methoxy groups -OCH3 is 1. The van der Waals surface area contributed by atoms with Crippen LogP contribution in [0, 0.1) is 0 Å². The van der Waals surface area contributed by atoms with Gasteiger partial charge in [0.15, 0.2) is 5.96 Å². The summed E-state index contributed by atoms with van der Waals surface area (Å²) in [6.07, 6.45) is 2.12. The van der Waals surface area contributed by atoms with Gasteiger partial charge >= 0.3 is 0 Å². The van der Waals surface area contributed by atoms with E-state index < -0.39 is 0 Å². The summed E-state index contributed by atoms with van der Waals surface area (Å²) in [7, 11) is 3.75. The van der Waals surface area contributed by atoms with Crippen LogP contribution in [-0.4, -0.2) is 49.6 Å². The van der Waals surface area contributed by atoms with Crippen LogP contribution in [0.25, 0.3) is 0 Å². The van der Waals surface area contributed by atoms with Crippen LogP contribution in [0.15, 0.2) is 29.3 Å². The van der Waals surface area contributed by atoms with E-state index in [-0.39, 0.29) is 24.0 Å². The lowest BCUT2D eigenvalue weighted by molar-refractivity contribution is 0.414. The maximum Gasteiger partial charge on any atom is 0.193 e. The second kappa shape index (κ2) is 11.9. The number of hydrogen-bond donors (Lipinski definition) is 1. The minimum Gasteiger partial charge on any atom is -0.497 e. The van der Waals surface area contributed by atoms with E-state index in [9.17, 15) is 0 Å². The number of halogens is 1. The van der Waals surface area contributed by atoms with E-state index in [1.807, 2.05) is 23.9 Å². The van der Waals surface area contributed by atoms with Crippen LogP contribution in [0.3, 0.4) is 0 Å². The van der Waals surface area contributed by atoms with Gasteiger partial charge in [-0.25, -0.2) is 0 Å². The Bertz CT molecular complexity index is 440. The molecule has 1 aromatic rings. The van der Waals surface area contributed by atoms with E-state index in [4.69, 9.17) is 9.73 Å². The summed E-state index contributed by atoms with van der Waals surface area (Å²) in [4.78, 5) is 6.85. The van der Waals surface area contributed by atoms with Crippen molar-refractivity contribution in [3.05, 3.63) is 29.8 Å². The van der Waals surface area contributed by atoms with E-state index in [2.05, 4.69) is 49.5 Å². The van der Waals surface area contributed by atoms with Gasteiger partial charge in [0.2, 0.25) is 0 Å². The Labute approximate surface area is 156 Å². The lowest BCUT2D eigenvalue weighted by Crippen LogP contribution is -2.38. The van der Waals surface area contributed by atoms with Gasteiger partial charge in [-0.3, -0.25) is 4.99 Å². The van der Waals surface area contributed by atoms with Crippen molar-refractivity contribution in [3.8, 4) is 5.75 Å². The maximum absolute atomic E-state index is 5.19. The van der Waals surface area contributed by atoms with E-state index in [0.717, 1.165) is 31.3 Å². The highest BCUT2D eigenvalue weighted by atomic mass is 127. The predicted octanol–water partition coefficient (Wildman–Crippen LogP) is 3.46. The molecule has 0 amide bonds. The number of benzene rings is 1. The van der Waals surface area contributed by atoms with Crippen LogP contribution in [0.4, 0.5) is 0 Å². The predicted molar refractivity (Wildman–Crippen MR) is 109 cm³/mol. The van der Waals surface area contributed by atoms with Gasteiger partial charge in [0, 0.05) is 25.4 Å². The zero-order valence-electron chi connectivity index (χ0n) is 14.1. The molecule has 1 rings (SSSR count). The summed E-state index contributed by atoms with van der Waals surface area (Å²) in [5.41, 5.74) is 1.24. The molecule has 0 heterocycles. The Morgan fingerprint density at radius 3 is 2.50 bits per heavy atom. The fraction of sp³-hybridized carbons (Fsp3) is 0.562. The molecule has 6 heteroatoms. The van der Waals surface area contributed by atoms with E-state index in [0.29, 0.717) is 5.25 Å². The van der Waals surface area contributed by atoms with Gasteiger partial charge in [0.1, 0.15) is 5.75 Å². The summed E-state index contributed by atoms with van der Waals surface area (Å²) in [6.45, 7) is 6.81. The quantitative estimate of drug-likeness (QED) is 0.403. The fourth-order valence-electron chi connectivity index (χ4n) is 1.84. The van der Waals surface area contributed by atoms with Gasteiger partial charge in [-0.1, -0.05) is 19.1 Å². The highest BCUT2D eigenvalue weighted by Gasteiger charge is 2.07. The number of thioether (sulfide) groups is 1. The Balaban J connectivity index is 0.00000441. The number of nitrogens with zero attached hydrogens (tertiary/aromatic N) is 2. The molecule has 0 saturated carbocycles. The molecule has 0 spiro atoms. The van der Waals surface area contributed by atoms with E-state index in [1.165, 1.54) is 5.56 Å². The summed E-state index contributed by atoms with van der Waals surface area (Å²) in [5.74, 6) is 1.84. The molecule has 0 bridgehead atoms. The van der Waals surface area contributed by atoms with Crippen LogP contribution in [0.5, 0.6) is 5.75 Å². The summed E-state index contributed by atoms with van der Waals surface area (Å²) < 4.78 is 5.19. The van der Waals surface area contributed by atoms with Crippen LogP contribution >= 0.6 is 35.7 Å². The summed E-state index contributed by atoms with van der Waals surface area (Å²) in [5, 5.41) is 3.88. The lowest BCUT2D eigenvalue weighted by Gasteiger charge is -2.22. The number of rotatable bonds is 7. The van der Waals surface area contributed by atoms with Crippen molar-refractivity contribution in [2.75, 3.05) is 33.5 Å². The molecule has 0 fully saturated rings. The molecule has 0 saturated heterocycles. The summed E-state index contributed by atoms with van der Waals surface area (Å²) in [6, 6.07) is 8.15. The topological polar surface area (TPSA) is 36.9 Å². The summed E-state index contributed by atoms with van der Waals surface area (Å²) >= 11 is 1.84. The van der Waals surface area contributed by atoms with Crippen molar-refractivity contribution in [2.45, 2.75) is 25.6 Å². The number of hydrogen-bond acceptors (Lipinski definition) is 3. The smallest absolute Gasteiger partial charge is 0.193 e. The van der Waals surface area contributed by atoms with Gasteiger partial charge in [-0.15, -0.1) is 24.0 Å². The molecule has 126 valence electrons. The molecule has 1 atom stereocenters. The molecule has 1 N–H and O–H groups in total. The molecule has 0 aliphatic carbocycles. The van der Waals surface area contributed by atoms with E-state index in [1.54, 1.807) is 7.11 Å². The van der Waals surface area contributed by atoms with Gasteiger partial charge < -0.3 is 15.0 Å². The first-order valence-electron chi connectivity index (χ1n) is 7.25. The molecule has 0 radical (unpaired) electrons. The van der Waals surface area contributed by atoms with Gasteiger partial charge in [0.25, 0.3) is 0 Å². The van der Waals surface area contributed by atoms with Crippen LogP contribution < -0.4 is 10.1 Å². The largest absolute Gasteiger partial charge is 0.497 e. The first kappa shape index (κ1) is 21.4. The third kappa shape index (κ3) is 7.58. The van der Waals surface area contributed by atoms with Crippen LogP contribution in [-0.2, 0) is 6.54 Å². The number of aliphatic imine (C=N–C) groups is 1. The normalized spacial score (nSPS) is 12.3. The van der Waals surface area contributed by atoms with Crippen LogP contribution in [0.1, 0.15) is 19.4 Å². The zero-order chi connectivity index (χ0) is 15.7. The molecule has 4 nitrogen and oxygen atoms in total. The molecule has 1 aromatic carbocycles. The third-order valence-electron chi connectivity index (χ3n) is 3.18. The average Bonchev–Trinajstić information content (AvgIpc) is 2.51. The highest BCUT2D eigenvalue weighted by molar-refractivity contribution is 14.0. The lowest BCUT2D eigenvalue weighted by atomic mass is 10.2. The van der Waals surface area contributed by atoms with Gasteiger partial charge in [-0.2, -0.15) is 11.8 Å². The SMILES string of the molecule is CCNC(=NCC(C)SC)N(C)Cc1ccc(OC)cc1.I. The number of guanidine groups is 1. The van der Waals surface area contributed by atoms with Gasteiger partial charge in [0.05, 0.1) is 13.7 Å². The Hall–Kier alpha value is -0.630. The number of ether oxygens (including phenoxy) is 1. The molecular weight excluding hydrogens is 409 g/mol. The van der Waals surface area contributed by atoms with Gasteiger partial charge in [-0.05, 0) is 30.9 Å². The molecule has 0 aliphatic rings. The van der Waals surface area contributed by atoms with Crippen LogP contribution in [0.2, 0.25) is 0 Å². The highest BCUT2D eigenvalue weighted by Crippen LogP contribution is 2.12. The molecule has 1 unspecified atom stereocenters. The molecular formula is C16H28IN3OS. The van der Waals surface area contributed by atoms with Crippen molar-refractivity contribution in [1.29, 1.82) is 0 Å². The number of nitrogens with one attached hydrogen (secondary N) is 1. The average molecular weight is 437 g/mol. The van der Waals surface area contributed by atoms with E-state index >= 15 is 0 Å². The minimum absolute atomic E-state index is 0. The molecule has 0 aliphatic heterocycles. The zero-order valence-corrected chi connectivity index (χ0v) is 17.3. The Morgan fingerprint density at radius 1 is 1.36 bits per heavy atom. The molecule has 0 aromatic heterocycles. The Morgan fingerprint density at radius 2 is 2.00 bits per heavy atom. The maximum atomic E-state index is 5.19. The van der Waals surface area contributed by atoms with Crippen molar-refractivity contribution >= 4 is 41.7 Å². The minimum atomic E-state index is 0. The second-order valence-electron chi connectivity index (χ2n) is 4.95. The van der Waals surface area contributed by atoms with Crippen molar-refractivity contribution in [3.63, 3.8) is 0 Å². The van der Waals surface area contributed by atoms with Crippen molar-refractivity contribution in [1.82, 2.24) is 10.2 Å². The fourth-order valence-corrected chi connectivity index (χ4v) is 2.06. The van der Waals surface area contributed by atoms with Crippen molar-refractivity contribution < 1.29 is 4.74 Å². The second-order valence-corrected chi connectivity index (χ2v) is 6.22. The van der Waals surface area contributed by atoms with Crippen molar-refractivity contribution in [2.24, 2.45) is 4.99 Å². The monoisotopic (exact) mass is 437 g/mol. The molecule has 22 heavy (non-hydrogen) atoms.